The second-order valence-corrected chi connectivity index (χ2v) is 7.87. The third-order valence-corrected chi connectivity index (χ3v) is 5.60. The number of ether oxygens (including phenoxy) is 2. The van der Waals surface area contributed by atoms with Crippen LogP contribution in [0, 0.1) is 0 Å². The lowest BCUT2D eigenvalue weighted by Gasteiger charge is -2.34. The van der Waals surface area contributed by atoms with Gasteiger partial charge in [0.2, 0.25) is 5.91 Å². The summed E-state index contributed by atoms with van der Waals surface area (Å²) in [5, 5.41) is 3.39. The monoisotopic (exact) mass is 443 g/mol. The molecule has 31 heavy (non-hydrogen) atoms. The first-order valence-corrected chi connectivity index (χ1v) is 10.8. The number of nitrogens with one attached hydrogen (secondary N) is 1. The lowest BCUT2D eigenvalue weighted by molar-refractivity contribution is -0.116. The zero-order chi connectivity index (χ0) is 22.1. The van der Waals surface area contributed by atoms with Crippen LogP contribution in [0.1, 0.15) is 11.1 Å². The minimum absolute atomic E-state index is 0.131. The van der Waals surface area contributed by atoms with Crippen molar-refractivity contribution < 1.29 is 14.3 Å². The van der Waals surface area contributed by atoms with E-state index in [-0.39, 0.29) is 5.91 Å². The number of carbonyl (C=O) groups excluding carboxylic acids is 1. The average Bonchev–Trinajstić information content (AvgIpc) is 2.79. The number of piperazine rings is 1. The largest absolute Gasteiger partial charge is 0.493 e. The maximum absolute atomic E-state index is 12.2. The molecule has 0 spiro atoms. The molecule has 0 atom stereocenters. The van der Waals surface area contributed by atoms with Crippen molar-refractivity contribution in [1.29, 1.82) is 0 Å². The van der Waals surface area contributed by atoms with E-state index in [0.717, 1.165) is 44.8 Å². The van der Waals surface area contributed by atoms with Gasteiger partial charge in [-0.1, -0.05) is 41.9 Å². The van der Waals surface area contributed by atoms with E-state index in [4.69, 9.17) is 21.1 Å². The van der Waals surface area contributed by atoms with Crippen molar-refractivity contribution in [3.63, 3.8) is 0 Å². The maximum Gasteiger partial charge on any atom is 0.244 e. The van der Waals surface area contributed by atoms with Crippen molar-refractivity contribution in [2.75, 3.05) is 53.5 Å². The van der Waals surface area contributed by atoms with Crippen LogP contribution in [-0.4, -0.2) is 69.2 Å². The summed E-state index contributed by atoms with van der Waals surface area (Å²) in [5.74, 6) is 0.879. The van der Waals surface area contributed by atoms with E-state index >= 15 is 0 Å². The van der Waals surface area contributed by atoms with Crippen LogP contribution >= 0.6 is 11.6 Å². The normalized spacial score (nSPS) is 15.2. The van der Waals surface area contributed by atoms with Crippen LogP contribution in [0.2, 0.25) is 5.02 Å². The van der Waals surface area contributed by atoms with Gasteiger partial charge in [-0.05, 0) is 29.3 Å². The summed E-state index contributed by atoms with van der Waals surface area (Å²) in [7, 11) is 3.09. The fourth-order valence-corrected chi connectivity index (χ4v) is 3.91. The summed E-state index contributed by atoms with van der Waals surface area (Å²) in [6.45, 7) is 6.59. The lowest BCUT2D eigenvalue weighted by Crippen LogP contribution is -2.47. The van der Waals surface area contributed by atoms with Crippen molar-refractivity contribution in [1.82, 2.24) is 15.1 Å². The number of methoxy groups -OCH3 is 2. The minimum atomic E-state index is -0.131. The molecule has 0 aliphatic carbocycles. The third-order valence-electron chi connectivity index (χ3n) is 5.32. The summed E-state index contributed by atoms with van der Waals surface area (Å²) in [5.41, 5.74) is 2.12. The van der Waals surface area contributed by atoms with Gasteiger partial charge in [0.05, 0.1) is 19.2 Å². The van der Waals surface area contributed by atoms with Gasteiger partial charge in [0, 0.05) is 51.9 Å². The Hall–Kier alpha value is -2.54. The van der Waals surface area contributed by atoms with E-state index in [9.17, 15) is 4.79 Å². The molecular formula is C24H30ClN3O3. The van der Waals surface area contributed by atoms with Crippen LogP contribution in [0.25, 0.3) is 6.08 Å². The van der Waals surface area contributed by atoms with Gasteiger partial charge in [-0.3, -0.25) is 14.6 Å². The summed E-state index contributed by atoms with van der Waals surface area (Å²) in [6.07, 6.45) is 3.22. The van der Waals surface area contributed by atoms with E-state index in [2.05, 4.69) is 39.4 Å². The Morgan fingerprint density at radius 2 is 1.77 bits per heavy atom. The number of hydrogen-bond acceptors (Lipinski definition) is 5. The second-order valence-electron chi connectivity index (χ2n) is 7.47. The van der Waals surface area contributed by atoms with Gasteiger partial charge in [-0.25, -0.2) is 0 Å². The molecule has 1 amide bonds. The van der Waals surface area contributed by atoms with Gasteiger partial charge in [0.15, 0.2) is 11.5 Å². The SMILES string of the molecule is COc1cc(/C=C/C(=O)NCCN2CCN(Cc3ccccc3)CC2)cc(Cl)c1OC. The fraction of sp³-hybridized carbons (Fsp3) is 0.375. The van der Waals surface area contributed by atoms with Gasteiger partial charge in [0.1, 0.15) is 0 Å². The zero-order valence-electron chi connectivity index (χ0n) is 18.1. The number of benzene rings is 2. The highest BCUT2D eigenvalue weighted by atomic mass is 35.5. The van der Waals surface area contributed by atoms with Gasteiger partial charge >= 0.3 is 0 Å². The second kappa shape index (κ2) is 11.7. The Balaban J connectivity index is 1.38. The molecule has 0 unspecified atom stereocenters. The van der Waals surface area contributed by atoms with Crippen LogP contribution < -0.4 is 14.8 Å². The summed E-state index contributed by atoms with van der Waals surface area (Å²) in [6, 6.07) is 14.1. The Kier molecular flexibility index (Phi) is 8.76. The standard InChI is InChI=1S/C24H30ClN3O3/c1-30-22-17-20(16-21(25)24(22)31-2)8-9-23(29)26-10-11-27-12-14-28(15-13-27)18-19-6-4-3-5-7-19/h3-9,16-17H,10-15,18H2,1-2H3,(H,26,29)/b9-8+. The summed E-state index contributed by atoms with van der Waals surface area (Å²) < 4.78 is 10.5. The predicted molar refractivity (Wildman–Crippen MR) is 125 cm³/mol. The summed E-state index contributed by atoms with van der Waals surface area (Å²) in [4.78, 5) is 17.0. The molecule has 166 valence electrons. The molecule has 2 aromatic carbocycles. The van der Waals surface area contributed by atoms with Gasteiger partial charge in [-0.2, -0.15) is 0 Å². The first-order chi connectivity index (χ1) is 15.1. The minimum Gasteiger partial charge on any atom is -0.493 e. The molecule has 1 fully saturated rings. The molecule has 6 nitrogen and oxygen atoms in total. The van der Waals surface area contributed by atoms with Crippen molar-refractivity contribution >= 4 is 23.6 Å². The highest BCUT2D eigenvalue weighted by molar-refractivity contribution is 6.32. The smallest absolute Gasteiger partial charge is 0.244 e. The number of rotatable bonds is 9. The van der Waals surface area contributed by atoms with Crippen LogP contribution in [0.4, 0.5) is 0 Å². The molecule has 0 saturated carbocycles. The molecule has 0 radical (unpaired) electrons. The predicted octanol–water partition coefficient (Wildman–Crippen LogP) is 3.30. The van der Waals surface area contributed by atoms with Gasteiger partial charge in [0.25, 0.3) is 0 Å². The Morgan fingerprint density at radius 1 is 1.06 bits per heavy atom. The maximum atomic E-state index is 12.2. The summed E-state index contributed by atoms with van der Waals surface area (Å²) >= 11 is 6.21. The number of nitrogens with zero attached hydrogens (tertiary/aromatic N) is 2. The first-order valence-electron chi connectivity index (χ1n) is 10.4. The Morgan fingerprint density at radius 3 is 2.45 bits per heavy atom. The number of amides is 1. The molecular weight excluding hydrogens is 414 g/mol. The van der Waals surface area contributed by atoms with Crippen LogP contribution in [0.15, 0.2) is 48.5 Å². The highest BCUT2D eigenvalue weighted by Crippen LogP contribution is 2.36. The topological polar surface area (TPSA) is 54.0 Å². The van der Waals surface area contributed by atoms with E-state index in [1.807, 2.05) is 6.07 Å². The average molecular weight is 444 g/mol. The molecule has 2 aromatic rings. The highest BCUT2D eigenvalue weighted by Gasteiger charge is 2.16. The molecule has 1 aliphatic rings. The zero-order valence-corrected chi connectivity index (χ0v) is 18.9. The fourth-order valence-electron chi connectivity index (χ4n) is 3.61. The van der Waals surface area contributed by atoms with E-state index in [1.165, 1.54) is 18.7 Å². The Labute approximate surface area is 189 Å². The van der Waals surface area contributed by atoms with E-state index < -0.39 is 0 Å². The molecule has 7 heteroatoms. The van der Waals surface area contributed by atoms with Gasteiger partial charge < -0.3 is 14.8 Å². The van der Waals surface area contributed by atoms with Crippen LogP contribution in [0.3, 0.4) is 0 Å². The van der Waals surface area contributed by atoms with Crippen molar-refractivity contribution in [3.05, 3.63) is 64.7 Å². The molecule has 1 N–H and O–H groups in total. The number of carbonyl (C=O) groups is 1. The van der Waals surface area contributed by atoms with Crippen molar-refractivity contribution in [3.8, 4) is 11.5 Å². The number of halogens is 1. The molecule has 1 saturated heterocycles. The molecule has 1 heterocycles. The molecule has 0 aromatic heterocycles. The molecule has 0 bridgehead atoms. The molecule has 1 aliphatic heterocycles. The van der Waals surface area contributed by atoms with Crippen LogP contribution in [-0.2, 0) is 11.3 Å². The lowest BCUT2D eigenvalue weighted by atomic mass is 10.2. The first kappa shape index (κ1) is 23.1. The van der Waals surface area contributed by atoms with E-state index in [0.29, 0.717) is 23.1 Å². The quantitative estimate of drug-likeness (QED) is 0.602. The van der Waals surface area contributed by atoms with Crippen LogP contribution in [0.5, 0.6) is 11.5 Å². The van der Waals surface area contributed by atoms with Crippen molar-refractivity contribution in [2.45, 2.75) is 6.54 Å². The number of hydrogen-bond donors (Lipinski definition) is 1. The third kappa shape index (κ3) is 6.99. The molecule has 3 rings (SSSR count). The van der Waals surface area contributed by atoms with E-state index in [1.54, 1.807) is 25.3 Å². The Bertz CT molecular complexity index is 881. The van der Waals surface area contributed by atoms with Crippen molar-refractivity contribution in [2.24, 2.45) is 0 Å². The van der Waals surface area contributed by atoms with Gasteiger partial charge in [-0.15, -0.1) is 0 Å².